The van der Waals surface area contributed by atoms with Gasteiger partial charge >= 0.3 is 0 Å². The van der Waals surface area contributed by atoms with Crippen molar-refractivity contribution in [1.82, 2.24) is 9.38 Å². The van der Waals surface area contributed by atoms with Crippen molar-refractivity contribution in [3.63, 3.8) is 0 Å². The summed E-state index contributed by atoms with van der Waals surface area (Å²) in [6.07, 6.45) is 6.78. The number of anilines is 1. The summed E-state index contributed by atoms with van der Waals surface area (Å²) in [6, 6.07) is 8.41. The maximum atomic E-state index is 6.06. The van der Waals surface area contributed by atoms with E-state index >= 15 is 0 Å². The number of fused-ring (bicyclic) bond motifs is 1. The van der Waals surface area contributed by atoms with E-state index in [1.807, 2.05) is 27.8 Å². The normalized spacial score (nSPS) is 14.3. The molecule has 0 atom stereocenters. The van der Waals surface area contributed by atoms with Crippen LogP contribution in [0.5, 0.6) is 11.5 Å². The molecule has 0 radical (unpaired) electrons. The number of hydrogen-bond acceptors (Lipinski definition) is 4. The third kappa shape index (κ3) is 3.48. The zero-order valence-corrected chi connectivity index (χ0v) is 16.5. The smallest absolute Gasteiger partial charge is 0.144 e. The van der Waals surface area contributed by atoms with Crippen LogP contribution in [0.15, 0.2) is 36.7 Å². The van der Waals surface area contributed by atoms with Crippen LogP contribution in [0.25, 0.3) is 16.9 Å². The van der Waals surface area contributed by atoms with Crippen molar-refractivity contribution in [2.45, 2.75) is 32.8 Å². The third-order valence-corrected chi connectivity index (χ3v) is 5.05. The van der Waals surface area contributed by atoms with Crippen molar-refractivity contribution in [2.75, 3.05) is 25.1 Å². The van der Waals surface area contributed by atoms with Gasteiger partial charge in [-0.15, -0.1) is 0 Å². The Balaban J connectivity index is 1.77. The molecule has 27 heavy (non-hydrogen) atoms. The molecule has 3 heterocycles. The summed E-state index contributed by atoms with van der Waals surface area (Å²) in [5.74, 6) is 1.63. The summed E-state index contributed by atoms with van der Waals surface area (Å²) in [5.41, 5.74) is 5.18. The minimum atomic E-state index is 0.0787. The number of rotatable bonds is 5. The fourth-order valence-corrected chi connectivity index (χ4v) is 3.71. The number of imidazole rings is 1. The van der Waals surface area contributed by atoms with Gasteiger partial charge in [-0.2, -0.15) is 0 Å². The number of pyridine rings is 1. The highest BCUT2D eigenvalue weighted by atomic mass is 16.5. The Morgan fingerprint density at radius 2 is 1.89 bits per heavy atom. The second-order valence-electron chi connectivity index (χ2n) is 7.46. The molecule has 0 unspecified atom stereocenters. The molecule has 0 aliphatic carbocycles. The number of nitrogens with zero attached hydrogens (tertiary/aromatic N) is 3. The van der Waals surface area contributed by atoms with Gasteiger partial charge in [-0.25, -0.2) is 4.98 Å². The van der Waals surface area contributed by atoms with E-state index in [2.05, 4.69) is 39.9 Å². The lowest BCUT2D eigenvalue weighted by Crippen LogP contribution is -2.17. The first-order chi connectivity index (χ1) is 13.0. The molecule has 1 saturated heterocycles. The second-order valence-corrected chi connectivity index (χ2v) is 7.46. The molecule has 1 aliphatic rings. The Hall–Kier alpha value is -2.63. The van der Waals surface area contributed by atoms with Gasteiger partial charge in [0.2, 0.25) is 0 Å². The first-order valence-corrected chi connectivity index (χ1v) is 9.64. The first-order valence-electron chi connectivity index (χ1n) is 9.64. The topological polar surface area (TPSA) is 39.0 Å². The summed E-state index contributed by atoms with van der Waals surface area (Å²) in [6.45, 7) is 6.33. The van der Waals surface area contributed by atoms with Crippen molar-refractivity contribution in [2.24, 2.45) is 0 Å². The fourth-order valence-electron chi connectivity index (χ4n) is 3.71. The number of methoxy groups -OCH3 is 1. The molecular weight excluding hydrogens is 337 g/mol. The predicted molar refractivity (Wildman–Crippen MR) is 113 cm³/mol. The fraction of sp³-hybridized carbons (Fsp3) is 0.381. The highest BCUT2D eigenvalue weighted by Gasteiger charge is 2.17. The molecule has 4 rings (SSSR count). The molecule has 0 N–H and O–H groups in total. The monoisotopic (exact) mass is 363 g/mol. The van der Waals surface area contributed by atoms with Crippen LogP contribution in [-0.2, 0) is 0 Å². The van der Waals surface area contributed by atoms with E-state index in [-0.39, 0.29) is 6.10 Å². The highest BCUT2D eigenvalue weighted by molar-refractivity contribution is 6.34. The minimum Gasteiger partial charge on any atom is -0.497 e. The molecule has 0 spiro atoms. The average Bonchev–Trinajstić information content (AvgIpc) is 3.31. The van der Waals surface area contributed by atoms with Gasteiger partial charge in [0.15, 0.2) is 0 Å². The average molecular weight is 363 g/mol. The molecule has 1 fully saturated rings. The lowest BCUT2D eigenvalue weighted by molar-refractivity contribution is 0.242. The predicted octanol–water partition coefficient (Wildman–Crippen LogP) is 2.66. The molecule has 6 heteroatoms. The number of benzene rings is 1. The Morgan fingerprint density at radius 1 is 1.11 bits per heavy atom. The van der Waals surface area contributed by atoms with Crippen LogP contribution >= 0.6 is 0 Å². The van der Waals surface area contributed by atoms with Crippen LogP contribution in [0.3, 0.4) is 0 Å². The van der Waals surface area contributed by atoms with Gasteiger partial charge in [-0.1, -0.05) is 6.07 Å². The molecule has 5 nitrogen and oxygen atoms in total. The van der Waals surface area contributed by atoms with Gasteiger partial charge < -0.3 is 18.8 Å². The second kappa shape index (κ2) is 7.18. The maximum absolute atomic E-state index is 6.06. The minimum absolute atomic E-state index is 0.0787. The molecule has 2 aromatic heterocycles. The van der Waals surface area contributed by atoms with E-state index in [9.17, 15) is 0 Å². The zero-order valence-electron chi connectivity index (χ0n) is 16.5. The van der Waals surface area contributed by atoms with Crippen molar-refractivity contribution >= 4 is 24.6 Å². The summed E-state index contributed by atoms with van der Waals surface area (Å²) in [5, 5.41) is 0. The molecule has 140 valence electrons. The number of aromatic nitrogens is 2. The molecular formula is C21H26BN3O2. The van der Waals surface area contributed by atoms with Gasteiger partial charge in [-0.3, -0.25) is 0 Å². The molecule has 0 amide bonds. The summed E-state index contributed by atoms with van der Waals surface area (Å²) >= 11 is 0. The zero-order chi connectivity index (χ0) is 19.0. The van der Waals surface area contributed by atoms with Crippen molar-refractivity contribution in [1.29, 1.82) is 0 Å². The Morgan fingerprint density at radius 3 is 2.59 bits per heavy atom. The Bertz CT molecular complexity index is 961. The SMILES string of the molecule is Bc1cc(-c2cn3ccc(N4CCCC4)cc3n2)c(OC(C)C)cc1OC. The first kappa shape index (κ1) is 17.8. The number of hydrogen-bond donors (Lipinski definition) is 0. The van der Waals surface area contributed by atoms with Crippen LogP contribution in [0.4, 0.5) is 5.69 Å². The van der Waals surface area contributed by atoms with Gasteiger partial charge in [0.1, 0.15) is 25.0 Å². The number of ether oxygens (including phenoxy) is 2. The largest absolute Gasteiger partial charge is 0.497 e. The summed E-state index contributed by atoms with van der Waals surface area (Å²) in [4.78, 5) is 7.32. The third-order valence-electron chi connectivity index (χ3n) is 5.05. The van der Waals surface area contributed by atoms with Crippen molar-refractivity contribution < 1.29 is 9.47 Å². The van der Waals surface area contributed by atoms with Crippen molar-refractivity contribution in [3.05, 3.63) is 36.7 Å². The van der Waals surface area contributed by atoms with Crippen molar-refractivity contribution in [3.8, 4) is 22.8 Å². The van der Waals surface area contributed by atoms with Crippen LogP contribution in [0.1, 0.15) is 26.7 Å². The van der Waals surface area contributed by atoms with E-state index in [0.29, 0.717) is 0 Å². The van der Waals surface area contributed by atoms with Crippen LogP contribution in [0.2, 0.25) is 0 Å². The van der Waals surface area contributed by atoms with E-state index < -0.39 is 0 Å². The summed E-state index contributed by atoms with van der Waals surface area (Å²) in [7, 11) is 3.73. The molecule has 0 saturated carbocycles. The van der Waals surface area contributed by atoms with E-state index in [4.69, 9.17) is 14.5 Å². The lowest BCUT2D eigenvalue weighted by Gasteiger charge is -2.17. The van der Waals surface area contributed by atoms with Gasteiger partial charge in [0, 0.05) is 48.9 Å². The van der Waals surface area contributed by atoms with Gasteiger partial charge in [0.05, 0.1) is 18.9 Å². The van der Waals surface area contributed by atoms with Gasteiger partial charge in [-0.05, 0) is 38.2 Å². The standard InChI is InChI=1S/C21H26BN3O2/c1-14(2)27-19-12-20(26-3)17(22)11-16(19)18-13-25-9-6-15(10-21(25)23-18)24-7-4-5-8-24/h6,9-14H,4-5,7-8,22H2,1-3H3. The van der Waals surface area contributed by atoms with E-state index in [0.717, 1.165) is 47.0 Å². The van der Waals surface area contributed by atoms with E-state index in [1.54, 1.807) is 7.11 Å². The molecule has 1 aliphatic heterocycles. The molecule has 1 aromatic carbocycles. The maximum Gasteiger partial charge on any atom is 0.144 e. The van der Waals surface area contributed by atoms with E-state index in [1.165, 1.54) is 18.5 Å². The van der Waals surface area contributed by atoms with Gasteiger partial charge in [0.25, 0.3) is 0 Å². The summed E-state index contributed by atoms with van der Waals surface area (Å²) < 4.78 is 13.6. The van der Waals surface area contributed by atoms with Crippen LogP contribution < -0.4 is 19.8 Å². The van der Waals surface area contributed by atoms with Crippen LogP contribution in [-0.4, -0.2) is 43.5 Å². The molecule has 0 bridgehead atoms. The Labute approximate surface area is 161 Å². The molecule has 3 aromatic rings. The highest BCUT2D eigenvalue weighted by Crippen LogP contribution is 2.33. The van der Waals surface area contributed by atoms with Crippen LogP contribution in [0, 0.1) is 0 Å². The Kier molecular flexibility index (Phi) is 4.73. The quantitative estimate of drug-likeness (QED) is 0.654. The lowest BCUT2D eigenvalue weighted by atomic mass is 9.92.